The van der Waals surface area contributed by atoms with Crippen molar-refractivity contribution in [2.75, 3.05) is 6.61 Å². The Labute approximate surface area is 111 Å². The molecular weight excluding hydrogens is 246 g/mol. The van der Waals surface area contributed by atoms with Crippen molar-refractivity contribution in [3.05, 3.63) is 23.8 Å². The van der Waals surface area contributed by atoms with E-state index in [1.165, 1.54) is 31.0 Å². The molecule has 1 aliphatic carbocycles. The van der Waals surface area contributed by atoms with Crippen molar-refractivity contribution in [3.63, 3.8) is 0 Å². The van der Waals surface area contributed by atoms with Gasteiger partial charge in [0, 0.05) is 18.2 Å². The number of ether oxygens (including phenoxy) is 1. The van der Waals surface area contributed by atoms with Crippen molar-refractivity contribution in [1.29, 1.82) is 0 Å². The highest BCUT2D eigenvalue weighted by Gasteiger charge is 2.41. The van der Waals surface area contributed by atoms with Gasteiger partial charge in [0.15, 0.2) is 0 Å². The third kappa shape index (κ3) is 2.66. The number of aromatic hydroxyl groups is 2. The molecule has 0 spiro atoms. The first-order chi connectivity index (χ1) is 9.13. The molecule has 102 valence electrons. The topological polar surface area (TPSA) is 78.8 Å². The standard InChI is InChI=1S/C14H17NO4/c16-10-5-9(6-11(17)7-10)14(18)15-12-3-4-19-13(12)8-1-2-8/h5-8,12-13,16-17H,1-4H2,(H,15,18). The van der Waals surface area contributed by atoms with Gasteiger partial charge in [0.2, 0.25) is 0 Å². The lowest BCUT2D eigenvalue weighted by Crippen LogP contribution is -2.41. The first kappa shape index (κ1) is 12.3. The molecule has 2 atom stereocenters. The number of phenolic OH excluding ortho intramolecular Hbond substituents is 2. The summed E-state index contributed by atoms with van der Waals surface area (Å²) in [6, 6.07) is 3.92. The number of phenols is 2. The third-order valence-corrected chi connectivity index (χ3v) is 3.70. The Morgan fingerprint density at radius 3 is 2.47 bits per heavy atom. The van der Waals surface area contributed by atoms with Crippen molar-refractivity contribution in [2.45, 2.75) is 31.4 Å². The van der Waals surface area contributed by atoms with Crippen LogP contribution in [0, 0.1) is 5.92 Å². The molecule has 1 aliphatic heterocycles. The molecule has 0 radical (unpaired) electrons. The predicted molar refractivity (Wildman–Crippen MR) is 68.1 cm³/mol. The fourth-order valence-electron chi connectivity index (χ4n) is 2.63. The first-order valence-corrected chi connectivity index (χ1v) is 6.59. The molecule has 19 heavy (non-hydrogen) atoms. The van der Waals surface area contributed by atoms with Gasteiger partial charge in [-0.2, -0.15) is 0 Å². The van der Waals surface area contributed by atoms with E-state index in [0.29, 0.717) is 12.5 Å². The quantitative estimate of drug-likeness (QED) is 0.770. The normalized spacial score (nSPS) is 26.3. The number of benzene rings is 1. The van der Waals surface area contributed by atoms with Crippen LogP contribution < -0.4 is 5.32 Å². The molecule has 0 bridgehead atoms. The van der Waals surface area contributed by atoms with Gasteiger partial charge in [-0.3, -0.25) is 4.79 Å². The van der Waals surface area contributed by atoms with Crippen molar-refractivity contribution in [1.82, 2.24) is 5.32 Å². The molecule has 5 heteroatoms. The van der Waals surface area contributed by atoms with E-state index in [9.17, 15) is 15.0 Å². The molecule has 1 aromatic carbocycles. The van der Waals surface area contributed by atoms with Crippen LogP contribution in [0.2, 0.25) is 0 Å². The zero-order chi connectivity index (χ0) is 13.4. The number of carbonyl (C=O) groups is 1. The van der Waals surface area contributed by atoms with Crippen LogP contribution in [0.3, 0.4) is 0 Å². The average Bonchev–Trinajstić information content (AvgIpc) is 3.09. The second-order valence-corrected chi connectivity index (χ2v) is 5.28. The van der Waals surface area contributed by atoms with Crippen molar-refractivity contribution in [3.8, 4) is 11.5 Å². The molecule has 2 fully saturated rings. The molecule has 1 saturated heterocycles. The number of rotatable bonds is 3. The largest absolute Gasteiger partial charge is 0.508 e. The van der Waals surface area contributed by atoms with E-state index in [4.69, 9.17) is 4.74 Å². The summed E-state index contributed by atoms with van der Waals surface area (Å²) in [5.74, 6) is 0.0517. The van der Waals surface area contributed by atoms with E-state index in [1.807, 2.05) is 0 Å². The number of hydrogen-bond donors (Lipinski definition) is 3. The maximum Gasteiger partial charge on any atom is 0.251 e. The van der Waals surface area contributed by atoms with Gasteiger partial charge in [0.1, 0.15) is 11.5 Å². The van der Waals surface area contributed by atoms with E-state index >= 15 is 0 Å². The van der Waals surface area contributed by atoms with Crippen LogP contribution in [-0.2, 0) is 4.74 Å². The van der Waals surface area contributed by atoms with Gasteiger partial charge in [-0.05, 0) is 37.3 Å². The minimum atomic E-state index is -0.285. The third-order valence-electron chi connectivity index (χ3n) is 3.70. The van der Waals surface area contributed by atoms with Crippen LogP contribution in [0.15, 0.2) is 18.2 Å². The van der Waals surface area contributed by atoms with Gasteiger partial charge in [-0.25, -0.2) is 0 Å². The maximum absolute atomic E-state index is 12.1. The molecule has 5 nitrogen and oxygen atoms in total. The van der Waals surface area contributed by atoms with Crippen LogP contribution in [0.25, 0.3) is 0 Å². The molecule has 1 amide bonds. The lowest BCUT2D eigenvalue weighted by Gasteiger charge is -2.19. The number of carbonyl (C=O) groups excluding carboxylic acids is 1. The molecular formula is C14H17NO4. The number of nitrogens with one attached hydrogen (secondary N) is 1. The Kier molecular flexibility index (Phi) is 3.06. The van der Waals surface area contributed by atoms with Crippen LogP contribution in [0.4, 0.5) is 0 Å². The van der Waals surface area contributed by atoms with Crippen LogP contribution >= 0.6 is 0 Å². The lowest BCUT2D eigenvalue weighted by molar-refractivity contribution is 0.0729. The Balaban J connectivity index is 1.70. The summed E-state index contributed by atoms with van der Waals surface area (Å²) in [5.41, 5.74) is 0.263. The predicted octanol–water partition coefficient (Wildman–Crippen LogP) is 1.40. The monoisotopic (exact) mass is 263 g/mol. The summed E-state index contributed by atoms with van der Waals surface area (Å²) in [6.45, 7) is 0.678. The summed E-state index contributed by atoms with van der Waals surface area (Å²) in [7, 11) is 0. The summed E-state index contributed by atoms with van der Waals surface area (Å²) in [5, 5.41) is 21.7. The SMILES string of the molecule is O=C(NC1CCOC1C1CC1)c1cc(O)cc(O)c1. The Morgan fingerprint density at radius 2 is 1.84 bits per heavy atom. The van der Waals surface area contributed by atoms with Crippen molar-refractivity contribution < 1.29 is 19.7 Å². The smallest absolute Gasteiger partial charge is 0.251 e. The molecule has 1 heterocycles. The Hall–Kier alpha value is -1.75. The van der Waals surface area contributed by atoms with Gasteiger partial charge in [0.25, 0.3) is 5.91 Å². The fraction of sp³-hybridized carbons (Fsp3) is 0.500. The van der Waals surface area contributed by atoms with Gasteiger partial charge in [0.05, 0.1) is 12.1 Å². The van der Waals surface area contributed by atoms with E-state index < -0.39 is 0 Å². The summed E-state index contributed by atoms with van der Waals surface area (Å²) >= 11 is 0. The fourth-order valence-corrected chi connectivity index (χ4v) is 2.63. The Morgan fingerprint density at radius 1 is 1.16 bits per heavy atom. The molecule has 1 aromatic rings. The average molecular weight is 263 g/mol. The first-order valence-electron chi connectivity index (χ1n) is 6.59. The van der Waals surface area contributed by atoms with E-state index in [-0.39, 0.29) is 35.1 Å². The van der Waals surface area contributed by atoms with Crippen LogP contribution in [0.5, 0.6) is 11.5 Å². The van der Waals surface area contributed by atoms with Crippen LogP contribution in [-0.4, -0.2) is 34.9 Å². The zero-order valence-corrected chi connectivity index (χ0v) is 10.5. The van der Waals surface area contributed by atoms with E-state index in [2.05, 4.69) is 5.32 Å². The Bertz CT molecular complexity index is 478. The molecule has 3 N–H and O–H groups in total. The summed E-state index contributed by atoms with van der Waals surface area (Å²) < 4.78 is 5.66. The molecule has 2 unspecified atom stereocenters. The summed E-state index contributed by atoms with van der Waals surface area (Å²) in [4.78, 5) is 12.1. The van der Waals surface area contributed by atoms with E-state index in [0.717, 1.165) is 6.42 Å². The zero-order valence-electron chi connectivity index (χ0n) is 10.5. The van der Waals surface area contributed by atoms with Gasteiger partial charge < -0.3 is 20.3 Å². The van der Waals surface area contributed by atoms with Gasteiger partial charge >= 0.3 is 0 Å². The number of hydrogen-bond acceptors (Lipinski definition) is 4. The molecule has 3 rings (SSSR count). The highest BCUT2D eigenvalue weighted by molar-refractivity contribution is 5.95. The highest BCUT2D eigenvalue weighted by Crippen LogP contribution is 2.38. The molecule has 0 aromatic heterocycles. The second-order valence-electron chi connectivity index (χ2n) is 5.28. The maximum atomic E-state index is 12.1. The minimum absolute atomic E-state index is 0.0319. The van der Waals surface area contributed by atoms with Crippen molar-refractivity contribution >= 4 is 5.91 Å². The van der Waals surface area contributed by atoms with Gasteiger partial charge in [-0.15, -0.1) is 0 Å². The van der Waals surface area contributed by atoms with Gasteiger partial charge in [-0.1, -0.05) is 0 Å². The lowest BCUT2D eigenvalue weighted by atomic mass is 10.1. The van der Waals surface area contributed by atoms with Crippen molar-refractivity contribution in [2.24, 2.45) is 5.92 Å². The van der Waals surface area contributed by atoms with Crippen LogP contribution in [0.1, 0.15) is 29.6 Å². The number of amides is 1. The molecule has 2 aliphatic rings. The van der Waals surface area contributed by atoms with E-state index in [1.54, 1.807) is 0 Å². The summed E-state index contributed by atoms with van der Waals surface area (Å²) in [6.07, 6.45) is 3.28. The minimum Gasteiger partial charge on any atom is -0.508 e. The highest BCUT2D eigenvalue weighted by atomic mass is 16.5. The second kappa shape index (κ2) is 4.74. The molecule has 1 saturated carbocycles.